The molecule has 1 aromatic heterocycles. The van der Waals surface area contributed by atoms with Crippen molar-refractivity contribution in [2.24, 2.45) is 4.99 Å². The molecule has 0 saturated heterocycles. The Morgan fingerprint density at radius 1 is 0.978 bits per heavy atom. The Labute approximate surface area is 272 Å². The number of hydrogen-bond acceptors (Lipinski definition) is 8. The molecule has 244 valence electrons. The van der Waals surface area contributed by atoms with Gasteiger partial charge in [0.05, 0.1) is 18.8 Å². The number of nitrogens with zero attached hydrogens (tertiary/aromatic N) is 4. The topological polar surface area (TPSA) is 82.8 Å². The summed E-state index contributed by atoms with van der Waals surface area (Å²) in [4.78, 5) is 10.1. The summed E-state index contributed by atoms with van der Waals surface area (Å²) < 4.78 is 54.8. The highest BCUT2D eigenvalue weighted by Crippen LogP contribution is 2.26. The standard InChI is InChI=1S/C34H38F3N5O3S/c1-5-43-31(44-6-2)22-39-33-40-32(41-42(33)27-15-17-28(18-16-27)45-34(35,36)37)25-13-11-24(12-14-25)20-38-21-29(46)19-26-9-7-8-10-30(26)23(3)4/h7-18,20,23,31H,5-6,19,21-22H2,1-4H3,(H,39,40,41). The Morgan fingerprint density at radius 2 is 1.65 bits per heavy atom. The molecule has 12 heteroatoms. The van der Waals surface area contributed by atoms with Crippen molar-refractivity contribution >= 4 is 29.2 Å². The van der Waals surface area contributed by atoms with Crippen LogP contribution >= 0.6 is 12.2 Å². The van der Waals surface area contributed by atoms with Gasteiger partial charge >= 0.3 is 6.36 Å². The van der Waals surface area contributed by atoms with Gasteiger partial charge in [-0.25, -0.2) is 0 Å². The fraction of sp³-hybridized carbons (Fsp3) is 0.353. The molecule has 0 aliphatic carbocycles. The Kier molecular flexibility index (Phi) is 12.4. The Bertz CT molecular complexity index is 1580. The Balaban J connectivity index is 1.49. The number of rotatable bonds is 16. The summed E-state index contributed by atoms with van der Waals surface area (Å²) in [5, 5.41) is 7.84. The fourth-order valence-corrected chi connectivity index (χ4v) is 4.96. The normalized spacial score (nSPS) is 11.9. The molecule has 0 aliphatic heterocycles. The molecule has 0 amide bonds. The maximum absolute atomic E-state index is 12.7. The zero-order chi connectivity index (χ0) is 33.1. The molecule has 4 aromatic rings. The Morgan fingerprint density at radius 3 is 2.28 bits per heavy atom. The van der Waals surface area contributed by atoms with Crippen molar-refractivity contribution in [3.05, 3.63) is 89.5 Å². The minimum absolute atomic E-state index is 0.273. The molecular weight excluding hydrogens is 615 g/mol. The van der Waals surface area contributed by atoms with E-state index in [0.717, 1.165) is 16.0 Å². The second kappa shape index (κ2) is 16.4. The predicted molar refractivity (Wildman–Crippen MR) is 178 cm³/mol. The number of hydrogen-bond donors (Lipinski definition) is 1. The van der Waals surface area contributed by atoms with Gasteiger partial charge in [0, 0.05) is 36.3 Å². The van der Waals surface area contributed by atoms with Crippen molar-refractivity contribution in [2.45, 2.75) is 52.7 Å². The molecule has 0 unspecified atom stereocenters. The van der Waals surface area contributed by atoms with E-state index in [4.69, 9.17) is 21.7 Å². The van der Waals surface area contributed by atoms with Gasteiger partial charge < -0.3 is 19.5 Å². The van der Waals surface area contributed by atoms with Crippen molar-refractivity contribution in [3.63, 3.8) is 0 Å². The van der Waals surface area contributed by atoms with Crippen molar-refractivity contribution in [1.29, 1.82) is 0 Å². The molecule has 8 nitrogen and oxygen atoms in total. The number of benzene rings is 3. The third kappa shape index (κ3) is 10.2. The highest BCUT2D eigenvalue weighted by molar-refractivity contribution is 7.80. The monoisotopic (exact) mass is 653 g/mol. The number of halogens is 3. The number of ether oxygens (including phenoxy) is 3. The summed E-state index contributed by atoms with van der Waals surface area (Å²) in [6.45, 7) is 9.72. The fourth-order valence-electron chi connectivity index (χ4n) is 4.73. The van der Waals surface area contributed by atoms with Gasteiger partial charge in [-0.05, 0) is 60.7 Å². The molecule has 1 N–H and O–H groups in total. The van der Waals surface area contributed by atoms with Gasteiger partial charge in [-0.2, -0.15) is 9.67 Å². The van der Waals surface area contributed by atoms with Crippen LogP contribution in [0.3, 0.4) is 0 Å². The van der Waals surface area contributed by atoms with Crippen LogP contribution in [-0.2, 0) is 15.9 Å². The van der Waals surface area contributed by atoms with E-state index in [0.29, 0.717) is 49.6 Å². The number of anilines is 1. The van der Waals surface area contributed by atoms with Crippen molar-refractivity contribution < 1.29 is 27.4 Å². The van der Waals surface area contributed by atoms with Gasteiger partial charge in [-0.1, -0.05) is 74.6 Å². The van der Waals surface area contributed by atoms with Gasteiger partial charge in [0.15, 0.2) is 12.1 Å². The lowest BCUT2D eigenvalue weighted by atomic mass is 9.94. The first-order chi connectivity index (χ1) is 22.1. The molecule has 4 rings (SSSR count). The molecule has 0 saturated carbocycles. The van der Waals surface area contributed by atoms with Crippen LogP contribution in [0, 0.1) is 0 Å². The molecule has 1 heterocycles. The molecule has 0 radical (unpaired) electrons. The summed E-state index contributed by atoms with van der Waals surface area (Å²) in [5.41, 5.74) is 4.65. The second-order valence-electron chi connectivity index (χ2n) is 10.6. The van der Waals surface area contributed by atoms with E-state index in [1.165, 1.54) is 40.1 Å². The maximum Gasteiger partial charge on any atom is 0.573 e. The molecule has 0 fully saturated rings. The minimum atomic E-state index is -4.79. The lowest BCUT2D eigenvalue weighted by Crippen LogP contribution is -2.27. The first-order valence-corrected chi connectivity index (χ1v) is 15.5. The van der Waals surface area contributed by atoms with Crippen LogP contribution in [0.2, 0.25) is 0 Å². The first kappa shape index (κ1) is 34.7. The van der Waals surface area contributed by atoms with Crippen LogP contribution in [0.25, 0.3) is 17.1 Å². The summed E-state index contributed by atoms with van der Waals surface area (Å²) in [7, 11) is 0. The summed E-state index contributed by atoms with van der Waals surface area (Å²) in [5.74, 6) is 0.865. The van der Waals surface area contributed by atoms with Crippen LogP contribution < -0.4 is 10.1 Å². The van der Waals surface area contributed by atoms with E-state index in [1.54, 1.807) is 6.21 Å². The van der Waals surface area contributed by atoms with Gasteiger partial charge in [0.25, 0.3) is 0 Å². The lowest BCUT2D eigenvalue weighted by molar-refractivity contribution is -0.274. The van der Waals surface area contributed by atoms with Crippen LogP contribution in [0.5, 0.6) is 5.75 Å². The quantitative estimate of drug-likeness (QED) is 0.0751. The predicted octanol–water partition coefficient (Wildman–Crippen LogP) is 7.80. The molecule has 0 atom stereocenters. The summed E-state index contributed by atoms with van der Waals surface area (Å²) in [6, 6.07) is 21.3. The summed E-state index contributed by atoms with van der Waals surface area (Å²) >= 11 is 5.62. The van der Waals surface area contributed by atoms with Crippen LogP contribution in [0.1, 0.15) is 50.3 Å². The molecular formula is C34H38F3N5O3S. The van der Waals surface area contributed by atoms with Crippen LogP contribution in [-0.4, -0.2) is 64.8 Å². The van der Waals surface area contributed by atoms with Gasteiger partial charge in [-0.15, -0.1) is 18.3 Å². The zero-order valence-electron chi connectivity index (χ0n) is 26.3. The molecule has 0 bridgehead atoms. The SMILES string of the molecule is CCOC(CNc1nc(-c2ccc(C=NCC(=S)Cc3ccccc3C(C)C)cc2)nn1-c1ccc(OC(F)(F)F)cc1)OCC. The maximum atomic E-state index is 12.7. The van der Waals surface area contributed by atoms with Gasteiger partial charge in [0.1, 0.15) is 5.75 Å². The number of thiocarbonyl (C=S) groups is 1. The highest BCUT2D eigenvalue weighted by atomic mass is 32.1. The average molecular weight is 654 g/mol. The van der Waals surface area contributed by atoms with Crippen molar-refractivity contribution in [3.8, 4) is 22.8 Å². The zero-order valence-corrected chi connectivity index (χ0v) is 27.1. The van der Waals surface area contributed by atoms with Gasteiger partial charge in [0.2, 0.25) is 5.95 Å². The van der Waals surface area contributed by atoms with Gasteiger partial charge in [-0.3, -0.25) is 4.99 Å². The molecule has 0 spiro atoms. The molecule has 0 aliphatic rings. The van der Waals surface area contributed by atoms with E-state index in [2.05, 4.69) is 57.2 Å². The first-order valence-electron chi connectivity index (χ1n) is 15.1. The molecule has 46 heavy (non-hydrogen) atoms. The third-order valence-electron chi connectivity index (χ3n) is 6.80. The van der Waals surface area contributed by atoms with E-state index in [9.17, 15) is 13.2 Å². The van der Waals surface area contributed by atoms with Crippen molar-refractivity contribution in [1.82, 2.24) is 14.8 Å². The number of alkyl halides is 3. The van der Waals surface area contributed by atoms with Crippen molar-refractivity contribution in [2.75, 3.05) is 31.6 Å². The van der Waals surface area contributed by atoms with E-state index in [1.807, 2.05) is 44.2 Å². The minimum Gasteiger partial charge on any atom is -0.406 e. The van der Waals surface area contributed by atoms with Crippen LogP contribution in [0.15, 0.2) is 77.8 Å². The Hall–Kier alpha value is -4.13. The number of aromatic nitrogens is 3. The van der Waals surface area contributed by atoms with E-state index >= 15 is 0 Å². The average Bonchev–Trinajstić information content (AvgIpc) is 3.44. The summed E-state index contributed by atoms with van der Waals surface area (Å²) in [6.07, 6.45) is -2.82. The number of nitrogens with one attached hydrogen (secondary N) is 1. The second-order valence-corrected chi connectivity index (χ2v) is 11.2. The third-order valence-corrected chi connectivity index (χ3v) is 7.07. The molecule has 3 aromatic carbocycles. The van der Waals surface area contributed by atoms with E-state index in [-0.39, 0.29) is 12.3 Å². The van der Waals surface area contributed by atoms with Crippen LogP contribution in [0.4, 0.5) is 19.1 Å². The lowest BCUT2D eigenvalue weighted by Gasteiger charge is -2.17. The van der Waals surface area contributed by atoms with E-state index < -0.39 is 12.7 Å². The smallest absolute Gasteiger partial charge is 0.406 e. The highest BCUT2D eigenvalue weighted by Gasteiger charge is 2.31. The number of aliphatic imine (C=N–C) groups is 1. The largest absolute Gasteiger partial charge is 0.573 e.